The summed E-state index contributed by atoms with van der Waals surface area (Å²) in [7, 11) is -2.36. The van der Waals surface area contributed by atoms with Crippen molar-refractivity contribution in [2.45, 2.75) is 11.3 Å². The molecule has 3 rings (SSSR count). The van der Waals surface area contributed by atoms with Crippen molar-refractivity contribution in [3.8, 4) is 5.88 Å². The van der Waals surface area contributed by atoms with Crippen LogP contribution in [0.15, 0.2) is 71.9 Å². The molecule has 0 aliphatic carbocycles. The molecular weight excluding hydrogens is 422 g/mol. The lowest BCUT2D eigenvalue weighted by Gasteiger charge is -2.12. The molecule has 0 atom stereocenters. The van der Waals surface area contributed by atoms with Gasteiger partial charge in [0.15, 0.2) is 5.11 Å². The molecule has 2 aromatic carbocycles. The summed E-state index contributed by atoms with van der Waals surface area (Å²) >= 11 is 5.29. The highest BCUT2D eigenvalue weighted by Gasteiger charge is 2.15. The van der Waals surface area contributed by atoms with Crippen LogP contribution in [0.1, 0.15) is 5.56 Å². The van der Waals surface area contributed by atoms with Crippen LogP contribution in [0.2, 0.25) is 0 Å². The van der Waals surface area contributed by atoms with Gasteiger partial charge in [0.1, 0.15) is 12.1 Å². The van der Waals surface area contributed by atoms with E-state index in [0.717, 1.165) is 6.42 Å². The van der Waals surface area contributed by atoms with Gasteiger partial charge in [-0.05, 0) is 48.5 Å². The zero-order valence-corrected chi connectivity index (χ0v) is 17.8. The first-order chi connectivity index (χ1) is 14.5. The summed E-state index contributed by atoms with van der Waals surface area (Å²) in [6.45, 7) is 0.689. The van der Waals surface area contributed by atoms with Gasteiger partial charge in [-0.15, -0.1) is 0 Å². The summed E-state index contributed by atoms with van der Waals surface area (Å²) < 4.78 is 32.4. The fourth-order valence-electron chi connectivity index (χ4n) is 2.56. The highest BCUT2D eigenvalue weighted by Crippen LogP contribution is 2.18. The Kier molecular flexibility index (Phi) is 7.15. The van der Waals surface area contributed by atoms with Gasteiger partial charge in [-0.25, -0.2) is 18.4 Å². The molecule has 30 heavy (non-hydrogen) atoms. The Bertz CT molecular complexity index is 1090. The molecule has 3 aromatic rings. The van der Waals surface area contributed by atoms with Gasteiger partial charge in [0.05, 0.1) is 12.0 Å². The van der Waals surface area contributed by atoms with Crippen LogP contribution in [0.25, 0.3) is 0 Å². The van der Waals surface area contributed by atoms with Gasteiger partial charge < -0.3 is 15.4 Å². The largest absolute Gasteiger partial charge is 0.481 e. The topological polar surface area (TPSA) is 105 Å². The number of sulfonamides is 1. The number of benzene rings is 2. The Labute approximate surface area is 180 Å². The van der Waals surface area contributed by atoms with Crippen LogP contribution in [-0.4, -0.2) is 37.2 Å². The summed E-state index contributed by atoms with van der Waals surface area (Å²) in [6.07, 6.45) is 2.06. The molecule has 0 aliphatic heterocycles. The summed E-state index contributed by atoms with van der Waals surface area (Å²) in [5.74, 6) is 0.378. The van der Waals surface area contributed by atoms with Crippen LogP contribution in [0.5, 0.6) is 5.88 Å². The maximum absolute atomic E-state index is 12.5. The van der Waals surface area contributed by atoms with Crippen LogP contribution in [0.4, 0.5) is 11.5 Å². The minimum Gasteiger partial charge on any atom is -0.481 e. The molecule has 0 radical (unpaired) electrons. The van der Waals surface area contributed by atoms with Gasteiger partial charge in [-0.1, -0.05) is 30.3 Å². The molecule has 3 N–H and O–H groups in total. The fraction of sp³-hybridized carbons (Fsp3) is 0.150. The van der Waals surface area contributed by atoms with Gasteiger partial charge in [-0.2, -0.15) is 0 Å². The maximum atomic E-state index is 12.5. The van der Waals surface area contributed by atoms with Gasteiger partial charge in [0.2, 0.25) is 5.88 Å². The van der Waals surface area contributed by atoms with Crippen molar-refractivity contribution >= 4 is 38.9 Å². The van der Waals surface area contributed by atoms with E-state index in [4.69, 9.17) is 17.0 Å². The highest BCUT2D eigenvalue weighted by atomic mass is 32.2. The maximum Gasteiger partial charge on any atom is 0.263 e. The highest BCUT2D eigenvalue weighted by molar-refractivity contribution is 7.92. The average Bonchev–Trinajstić information content (AvgIpc) is 2.75. The average molecular weight is 444 g/mol. The normalized spacial score (nSPS) is 10.8. The van der Waals surface area contributed by atoms with Crippen LogP contribution < -0.4 is 20.1 Å². The van der Waals surface area contributed by atoms with E-state index in [-0.39, 0.29) is 16.6 Å². The zero-order valence-electron chi connectivity index (χ0n) is 16.2. The molecule has 10 heteroatoms. The number of nitrogens with zero attached hydrogens (tertiary/aromatic N) is 2. The van der Waals surface area contributed by atoms with Crippen LogP contribution in [-0.2, 0) is 16.4 Å². The van der Waals surface area contributed by atoms with Crippen molar-refractivity contribution in [2.75, 3.05) is 23.7 Å². The molecule has 156 valence electrons. The second-order valence-electron chi connectivity index (χ2n) is 6.19. The zero-order chi connectivity index (χ0) is 21.4. The van der Waals surface area contributed by atoms with Crippen molar-refractivity contribution < 1.29 is 13.2 Å². The predicted octanol–water partition coefficient (Wildman–Crippen LogP) is 2.82. The summed E-state index contributed by atoms with van der Waals surface area (Å²) in [5.41, 5.74) is 1.89. The fourth-order valence-corrected chi connectivity index (χ4v) is 3.78. The summed E-state index contributed by atoms with van der Waals surface area (Å²) in [5, 5.41) is 6.64. The Hall–Kier alpha value is -3.24. The number of anilines is 2. The van der Waals surface area contributed by atoms with E-state index in [2.05, 4.69) is 37.5 Å². The lowest BCUT2D eigenvalue weighted by atomic mass is 10.1. The molecule has 0 spiro atoms. The van der Waals surface area contributed by atoms with Gasteiger partial charge >= 0.3 is 0 Å². The van der Waals surface area contributed by atoms with E-state index >= 15 is 0 Å². The molecule has 0 aliphatic rings. The first-order valence-electron chi connectivity index (χ1n) is 9.04. The Morgan fingerprint density at radius 1 is 1.07 bits per heavy atom. The Morgan fingerprint density at radius 3 is 2.50 bits per heavy atom. The Balaban J connectivity index is 1.55. The minimum atomic E-state index is -3.80. The molecule has 0 bridgehead atoms. The number of hydrogen-bond acceptors (Lipinski definition) is 6. The smallest absolute Gasteiger partial charge is 0.263 e. The van der Waals surface area contributed by atoms with Gasteiger partial charge in [0.25, 0.3) is 10.0 Å². The SMILES string of the molecule is COc1cc(NS(=O)(=O)c2ccc(NC(=S)NCCc3ccccc3)cc2)ncn1. The molecule has 0 saturated carbocycles. The third kappa shape index (κ3) is 6.13. The second kappa shape index (κ2) is 9.99. The minimum absolute atomic E-state index is 0.0913. The monoisotopic (exact) mass is 443 g/mol. The number of nitrogens with one attached hydrogen (secondary N) is 3. The van der Waals surface area contributed by atoms with Crippen molar-refractivity contribution in [1.29, 1.82) is 0 Å². The lowest BCUT2D eigenvalue weighted by molar-refractivity contribution is 0.397. The molecule has 1 heterocycles. The number of aromatic nitrogens is 2. The predicted molar refractivity (Wildman–Crippen MR) is 120 cm³/mol. The molecule has 8 nitrogen and oxygen atoms in total. The van der Waals surface area contributed by atoms with Gasteiger partial charge in [-0.3, -0.25) is 4.72 Å². The number of methoxy groups -OCH3 is 1. The standard InChI is InChI=1S/C20H21N5O3S2/c1-28-19-13-18(22-14-23-19)25-30(26,27)17-9-7-16(8-10-17)24-20(29)21-12-11-15-5-3-2-4-6-15/h2-10,13-14H,11-12H2,1H3,(H2,21,24,29)(H,22,23,25). The molecule has 0 saturated heterocycles. The first kappa shape index (κ1) is 21.5. The molecule has 0 fully saturated rings. The van der Waals surface area contributed by atoms with Crippen LogP contribution >= 0.6 is 12.2 Å². The third-order valence-electron chi connectivity index (χ3n) is 4.05. The van der Waals surface area contributed by atoms with Crippen molar-refractivity contribution in [3.63, 3.8) is 0 Å². The van der Waals surface area contributed by atoms with E-state index in [1.165, 1.54) is 37.2 Å². The van der Waals surface area contributed by atoms with Crippen LogP contribution in [0.3, 0.4) is 0 Å². The van der Waals surface area contributed by atoms with E-state index in [9.17, 15) is 8.42 Å². The molecule has 0 unspecified atom stereocenters. The summed E-state index contributed by atoms with van der Waals surface area (Å²) in [6, 6.07) is 17.7. The Morgan fingerprint density at radius 2 is 1.80 bits per heavy atom. The number of thiocarbonyl (C=S) groups is 1. The van der Waals surface area contributed by atoms with Crippen molar-refractivity contribution in [3.05, 3.63) is 72.6 Å². The number of ether oxygens (including phenoxy) is 1. The third-order valence-corrected chi connectivity index (χ3v) is 5.67. The molecule has 1 aromatic heterocycles. The van der Waals surface area contributed by atoms with Crippen molar-refractivity contribution in [2.24, 2.45) is 0 Å². The van der Waals surface area contributed by atoms with E-state index < -0.39 is 10.0 Å². The van der Waals surface area contributed by atoms with Crippen molar-refractivity contribution in [1.82, 2.24) is 15.3 Å². The van der Waals surface area contributed by atoms with E-state index in [1.54, 1.807) is 12.1 Å². The quantitative estimate of drug-likeness (QED) is 0.457. The molecule has 0 amide bonds. The summed E-state index contributed by atoms with van der Waals surface area (Å²) in [4.78, 5) is 7.82. The second-order valence-corrected chi connectivity index (χ2v) is 8.28. The molecular formula is C20H21N5O3S2. The number of hydrogen-bond donors (Lipinski definition) is 3. The lowest BCUT2D eigenvalue weighted by Crippen LogP contribution is -2.30. The van der Waals surface area contributed by atoms with Gasteiger partial charge in [0, 0.05) is 18.3 Å². The van der Waals surface area contributed by atoms with Crippen LogP contribution in [0, 0.1) is 0 Å². The van der Waals surface area contributed by atoms with E-state index in [0.29, 0.717) is 17.3 Å². The first-order valence-corrected chi connectivity index (χ1v) is 10.9. The van der Waals surface area contributed by atoms with E-state index in [1.807, 2.05) is 18.2 Å². The number of rotatable bonds is 8.